The second-order valence-electron chi connectivity index (χ2n) is 6.28. The quantitative estimate of drug-likeness (QED) is 0.284. The zero-order valence-corrected chi connectivity index (χ0v) is 20.0. The first-order valence-corrected chi connectivity index (χ1v) is 11.2. The van der Waals surface area contributed by atoms with Crippen molar-refractivity contribution >= 4 is 11.1 Å². The van der Waals surface area contributed by atoms with E-state index in [9.17, 15) is 10.5 Å². The van der Waals surface area contributed by atoms with Crippen molar-refractivity contribution in [3.8, 4) is 12.1 Å². The average molecular weight is 437 g/mol. The van der Waals surface area contributed by atoms with Crippen LogP contribution in [0, 0.1) is 29.6 Å². The molecule has 0 aromatic heterocycles. The monoisotopic (exact) mass is 436 g/mol. The van der Waals surface area contributed by atoms with Crippen molar-refractivity contribution in [3.05, 3.63) is 70.8 Å². The smallest absolute Gasteiger partial charge is 0.101 e. The third kappa shape index (κ3) is 10.4. The minimum Gasteiger partial charge on any atom is -0.394 e. The molecule has 0 spiro atoms. The molecule has 32 heavy (non-hydrogen) atoms. The summed E-state index contributed by atoms with van der Waals surface area (Å²) < 4.78 is 10.8. The number of aliphatic hydroxyl groups is 1. The predicted molar refractivity (Wildman–Crippen MR) is 131 cm³/mol. The second kappa shape index (κ2) is 18.8. The molecule has 2 aromatic carbocycles. The van der Waals surface area contributed by atoms with Gasteiger partial charge in [0.25, 0.3) is 0 Å². The van der Waals surface area contributed by atoms with Gasteiger partial charge in [0, 0.05) is 13.2 Å². The standard InChI is InChI=1S/C23H24N2O3.2C2H6/c1-18-3-7-20(8-4-18)22(15-24)23(16-25)21-9-5-19(6-10-21)17-28-13-2-12-27-14-11-26;2*1-2/h3-10,26H,2,11-14,17H2,1H3;2*1-2H3/b23-22-;;. The van der Waals surface area contributed by atoms with Crippen molar-refractivity contribution in [2.45, 2.75) is 47.6 Å². The highest BCUT2D eigenvalue weighted by atomic mass is 16.5. The Balaban J connectivity index is 0.00000227. The number of allylic oxidation sites excluding steroid dienone is 2. The molecule has 0 fully saturated rings. The summed E-state index contributed by atoms with van der Waals surface area (Å²) in [5.41, 5.74) is 4.27. The maximum Gasteiger partial charge on any atom is 0.101 e. The highest BCUT2D eigenvalue weighted by Crippen LogP contribution is 2.26. The molecule has 0 saturated carbocycles. The van der Waals surface area contributed by atoms with Crippen LogP contribution in [0.15, 0.2) is 48.5 Å². The number of nitrogens with zero attached hydrogens (tertiary/aromatic N) is 2. The molecule has 2 aromatic rings. The molecule has 0 aliphatic heterocycles. The maximum atomic E-state index is 9.62. The molecule has 5 nitrogen and oxygen atoms in total. The summed E-state index contributed by atoms with van der Waals surface area (Å²) in [7, 11) is 0. The lowest BCUT2D eigenvalue weighted by Gasteiger charge is -2.08. The molecule has 0 bridgehead atoms. The van der Waals surface area contributed by atoms with Crippen LogP contribution in [-0.4, -0.2) is 31.5 Å². The Morgan fingerprint density at radius 2 is 1.22 bits per heavy atom. The zero-order valence-electron chi connectivity index (χ0n) is 20.0. The highest BCUT2D eigenvalue weighted by molar-refractivity contribution is 6.02. The minimum absolute atomic E-state index is 0.0315. The molecular weight excluding hydrogens is 400 g/mol. The van der Waals surface area contributed by atoms with Crippen molar-refractivity contribution in [2.75, 3.05) is 26.4 Å². The average Bonchev–Trinajstić information content (AvgIpc) is 2.85. The van der Waals surface area contributed by atoms with Crippen LogP contribution < -0.4 is 0 Å². The SMILES string of the molecule is CC.CC.Cc1ccc(/C(C#N)=C(/C#N)c2ccc(COCCCOCCO)cc2)cc1. The molecule has 5 heteroatoms. The molecule has 0 aliphatic rings. The van der Waals surface area contributed by atoms with Gasteiger partial charge in [0.2, 0.25) is 0 Å². The fourth-order valence-corrected chi connectivity index (χ4v) is 2.64. The van der Waals surface area contributed by atoms with Crippen LogP contribution in [0.1, 0.15) is 56.4 Å². The highest BCUT2D eigenvalue weighted by Gasteiger charge is 2.11. The molecule has 0 aliphatic carbocycles. The Bertz CT molecular complexity index is 858. The Hall–Kier alpha value is -2.96. The fourth-order valence-electron chi connectivity index (χ4n) is 2.64. The van der Waals surface area contributed by atoms with Gasteiger partial charge in [-0.15, -0.1) is 0 Å². The number of aryl methyl sites for hydroxylation is 1. The van der Waals surface area contributed by atoms with Crippen molar-refractivity contribution in [2.24, 2.45) is 0 Å². The fraction of sp³-hybridized carbons (Fsp3) is 0.407. The number of hydrogen-bond donors (Lipinski definition) is 1. The van der Waals surface area contributed by atoms with Crippen LogP contribution in [0.25, 0.3) is 11.1 Å². The van der Waals surface area contributed by atoms with Gasteiger partial charge in [-0.3, -0.25) is 0 Å². The predicted octanol–water partition coefficient (Wildman–Crippen LogP) is 5.92. The number of benzene rings is 2. The van der Waals surface area contributed by atoms with E-state index in [0.717, 1.165) is 23.1 Å². The molecule has 0 radical (unpaired) electrons. The van der Waals surface area contributed by atoms with Gasteiger partial charge in [0.05, 0.1) is 31.0 Å². The maximum absolute atomic E-state index is 9.62. The van der Waals surface area contributed by atoms with Crippen molar-refractivity contribution in [1.82, 2.24) is 0 Å². The summed E-state index contributed by atoms with van der Waals surface area (Å²) in [6.07, 6.45) is 0.765. The van der Waals surface area contributed by atoms with Crippen LogP contribution >= 0.6 is 0 Å². The Labute approximate surface area is 193 Å². The lowest BCUT2D eigenvalue weighted by molar-refractivity contribution is 0.0594. The molecule has 0 atom stereocenters. The van der Waals surface area contributed by atoms with E-state index in [1.54, 1.807) is 0 Å². The van der Waals surface area contributed by atoms with E-state index in [4.69, 9.17) is 14.6 Å². The number of aliphatic hydroxyl groups excluding tert-OH is 1. The lowest BCUT2D eigenvalue weighted by Crippen LogP contribution is -2.04. The van der Waals surface area contributed by atoms with Gasteiger partial charge in [-0.2, -0.15) is 10.5 Å². The van der Waals surface area contributed by atoms with E-state index >= 15 is 0 Å². The van der Waals surface area contributed by atoms with Gasteiger partial charge in [-0.05, 0) is 30.0 Å². The van der Waals surface area contributed by atoms with Gasteiger partial charge in [0.15, 0.2) is 0 Å². The van der Waals surface area contributed by atoms with Crippen LogP contribution in [-0.2, 0) is 16.1 Å². The summed E-state index contributed by atoms with van der Waals surface area (Å²) in [5, 5.41) is 27.8. The van der Waals surface area contributed by atoms with Gasteiger partial charge in [-0.1, -0.05) is 81.8 Å². The van der Waals surface area contributed by atoms with Crippen LogP contribution in [0.4, 0.5) is 0 Å². The normalized spacial score (nSPS) is 10.4. The van der Waals surface area contributed by atoms with Gasteiger partial charge in [-0.25, -0.2) is 0 Å². The van der Waals surface area contributed by atoms with E-state index in [2.05, 4.69) is 12.1 Å². The zero-order chi connectivity index (χ0) is 24.2. The lowest BCUT2D eigenvalue weighted by atomic mass is 9.95. The third-order valence-electron chi connectivity index (χ3n) is 4.14. The largest absolute Gasteiger partial charge is 0.394 e. The summed E-state index contributed by atoms with van der Waals surface area (Å²) in [6.45, 7) is 12.0. The van der Waals surface area contributed by atoms with E-state index < -0.39 is 0 Å². The minimum atomic E-state index is 0.0315. The molecule has 172 valence electrons. The second-order valence-corrected chi connectivity index (χ2v) is 6.28. The summed E-state index contributed by atoms with van der Waals surface area (Å²) in [4.78, 5) is 0. The molecule has 0 heterocycles. The summed E-state index contributed by atoms with van der Waals surface area (Å²) >= 11 is 0. The molecule has 2 rings (SSSR count). The molecular formula is C27H36N2O3. The van der Waals surface area contributed by atoms with Crippen molar-refractivity contribution in [3.63, 3.8) is 0 Å². The van der Waals surface area contributed by atoms with E-state index in [0.29, 0.717) is 43.1 Å². The van der Waals surface area contributed by atoms with Crippen LogP contribution in [0.3, 0.4) is 0 Å². The van der Waals surface area contributed by atoms with Gasteiger partial charge >= 0.3 is 0 Å². The van der Waals surface area contributed by atoms with Crippen molar-refractivity contribution < 1.29 is 14.6 Å². The number of nitriles is 2. The van der Waals surface area contributed by atoms with E-state index in [1.165, 1.54) is 0 Å². The summed E-state index contributed by atoms with van der Waals surface area (Å²) in [5.74, 6) is 0. The topological polar surface area (TPSA) is 86.3 Å². The van der Waals surface area contributed by atoms with Gasteiger partial charge in [0.1, 0.15) is 12.1 Å². The first-order valence-electron chi connectivity index (χ1n) is 11.2. The molecule has 0 saturated heterocycles. The van der Waals surface area contributed by atoms with E-state index in [-0.39, 0.29) is 6.61 Å². The Morgan fingerprint density at radius 1 is 0.750 bits per heavy atom. The number of hydrogen-bond acceptors (Lipinski definition) is 5. The van der Waals surface area contributed by atoms with Crippen molar-refractivity contribution in [1.29, 1.82) is 10.5 Å². The first kappa shape index (κ1) is 29.0. The molecule has 0 amide bonds. The summed E-state index contributed by atoms with van der Waals surface area (Å²) in [6, 6.07) is 19.4. The Kier molecular flexibility index (Phi) is 17.0. The molecule has 0 unspecified atom stereocenters. The molecule has 1 N–H and O–H groups in total. The van der Waals surface area contributed by atoms with Gasteiger partial charge < -0.3 is 14.6 Å². The third-order valence-corrected chi connectivity index (χ3v) is 4.14. The Morgan fingerprint density at radius 3 is 1.69 bits per heavy atom. The first-order chi connectivity index (χ1) is 15.7. The van der Waals surface area contributed by atoms with Crippen LogP contribution in [0.5, 0.6) is 0 Å². The van der Waals surface area contributed by atoms with E-state index in [1.807, 2.05) is 83.1 Å². The number of ether oxygens (including phenoxy) is 2. The number of rotatable bonds is 10. The van der Waals surface area contributed by atoms with Crippen LogP contribution in [0.2, 0.25) is 0 Å².